The third-order valence-corrected chi connectivity index (χ3v) is 6.54. The summed E-state index contributed by atoms with van der Waals surface area (Å²) in [6.07, 6.45) is 1.28. The van der Waals surface area contributed by atoms with E-state index >= 15 is 0 Å². The van der Waals surface area contributed by atoms with E-state index < -0.39 is 12.0 Å². The molecule has 0 spiro atoms. The average Bonchev–Trinajstić information content (AvgIpc) is 2.78. The quantitative estimate of drug-likeness (QED) is 0.342. The largest absolute Gasteiger partial charge is 0.491 e. The highest BCUT2D eigenvalue weighted by Gasteiger charge is 2.32. The molecule has 0 aromatic heterocycles. The lowest BCUT2D eigenvalue weighted by atomic mass is 9.70. The van der Waals surface area contributed by atoms with Crippen molar-refractivity contribution in [1.29, 1.82) is 0 Å². The number of hydrogen-bond acceptors (Lipinski definition) is 5. The Morgan fingerprint density at radius 1 is 0.939 bits per heavy atom. The molecule has 33 heavy (non-hydrogen) atoms. The Morgan fingerprint density at radius 2 is 1.42 bits per heavy atom. The minimum atomic E-state index is -0.595. The van der Waals surface area contributed by atoms with Gasteiger partial charge in [0.2, 0.25) is 0 Å². The fourth-order valence-electron chi connectivity index (χ4n) is 4.05. The minimum absolute atomic E-state index is 0.181. The number of nitrogens with one attached hydrogen (secondary N) is 1. The molecule has 0 saturated carbocycles. The Kier molecular flexibility index (Phi) is 8.92. The van der Waals surface area contributed by atoms with Crippen molar-refractivity contribution in [3.63, 3.8) is 0 Å². The maximum Gasteiger partial charge on any atom is 0.281 e. The average molecular weight is 458 g/mol. The van der Waals surface area contributed by atoms with E-state index in [0.717, 1.165) is 29.7 Å². The molecule has 0 fully saturated rings. The number of aryl methyl sites for hydroxylation is 2. The monoisotopic (exact) mass is 457 g/mol. The van der Waals surface area contributed by atoms with E-state index in [1.165, 1.54) is 11.1 Å². The van der Waals surface area contributed by atoms with Crippen molar-refractivity contribution in [2.24, 2.45) is 5.41 Å². The molecule has 0 aliphatic carbocycles. The lowest BCUT2D eigenvalue weighted by molar-refractivity contribution is -0.131. The van der Waals surface area contributed by atoms with Gasteiger partial charge in [-0.15, -0.1) is 0 Å². The van der Waals surface area contributed by atoms with Crippen LogP contribution in [-0.2, 0) is 10.2 Å². The minimum Gasteiger partial charge on any atom is -0.491 e. The van der Waals surface area contributed by atoms with Crippen LogP contribution in [-0.4, -0.2) is 35.5 Å². The van der Waals surface area contributed by atoms with E-state index in [0.29, 0.717) is 5.75 Å². The van der Waals surface area contributed by atoms with Crippen LogP contribution < -0.4 is 15.0 Å². The van der Waals surface area contributed by atoms with Gasteiger partial charge >= 0.3 is 0 Å². The molecule has 0 saturated heterocycles. The molecule has 0 aliphatic heterocycles. The number of aliphatic hydroxyl groups excluding tert-OH is 1. The number of carbonyl (C=O) groups excluding carboxylic acids is 1. The molecule has 1 unspecified atom stereocenters. The molecular formula is C27H39NO5. The number of aliphatic hydroxyl groups is 1. The van der Waals surface area contributed by atoms with Crippen LogP contribution in [0.4, 0.5) is 0 Å². The third-order valence-electron chi connectivity index (χ3n) is 6.54. The predicted octanol–water partition coefficient (Wildman–Crippen LogP) is 5.08. The molecule has 3 N–H and O–H groups in total. The Balaban J connectivity index is 2.32. The number of carbonyl (C=O) groups is 1. The molecule has 0 aliphatic rings. The van der Waals surface area contributed by atoms with Crippen LogP contribution in [0.25, 0.3) is 0 Å². The van der Waals surface area contributed by atoms with Gasteiger partial charge in [-0.1, -0.05) is 58.9 Å². The summed E-state index contributed by atoms with van der Waals surface area (Å²) in [6.45, 7) is 14.4. The highest BCUT2D eigenvalue weighted by atomic mass is 16.5. The summed E-state index contributed by atoms with van der Waals surface area (Å²) < 4.78 is 11.5. The molecule has 6 heteroatoms. The van der Waals surface area contributed by atoms with Crippen molar-refractivity contribution in [3.05, 3.63) is 58.7 Å². The van der Waals surface area contributed by atoms with Gasteiger partial charge in [-0.3, -0.25) is 10.0 Å². The molecule has 0 radical (unpaired) electrons. The summed E-state index contributed by atoms with van der Waals surface area (Å²) in [5, 5.41) is 19.0. The second-order valence-electron chi connectivity index (χ2n) is 9.77. The SMILES string of the molecule is CCC(CC)(c1ccc(OCC(=O)NO)c(C)c1)c1ccc(OCC(O)C(C)(C)C)c(C)c1. The van der Waals surface area contributed by atoms with Crippen molar-refractivity contribution in [2.75, 3.05) is 13.2 Å². The van der Waals surface area contributed by atoms with Crippen LogP contribution in [0, 0.1) is 19.3 Å². The third kappa shape index (κ3) is 6.27. The van der Waals surface area contributed by atoms with Gasteiger partial charge in [0, 0.05) is 5.41 Å². The van der Waals surface area contributed by atoms with Gasteiger partial charge in [0.25, 0.3) is 5.91 Å². The van der Waals surface area contributed by atoms with Gasteiger partial charge in [0.05, 0.1) is 6.10 Å². The van der Waals surface area contributed by atoms with Crippen LogP contribution >= 0.6 is 0 Å². The summed E-state index contributed by atoms with van der Waals surface area (Å²) in [6, 6.07) is 12.3. The van der Waals surface area contributed by atoms with Gasteiger partial charge in [0.15, 0.2) is 6.61 Å². The van der Waals surface area contributed by atoms with E-state index in [-0.39, 0.29) is 24.0 Å². The molecular weight excluding hydrogens is 418 g/mol. The van der Waals surface area contributed by atoms with Gasteiger partial charge in [-0.05, 0) is 66.5 Å². The Bertz CT molecular complexity index is 944. The van der Waals surface area contributed by atoms with Crippen LogP contribution in [0.1, 0.15) is 69.7 Å². The highest BCUT2D eigenvalue weighted by Crippen LogP contribution is 2.41. The lowest BCUT2D eigenvalue weighted by Gasteiger charge is -2.34. The van der Waals surface area contributed by atoms with E-state index in [2.05, 4.69) is 32.0 Å². The zero-order chi connectivity index (χ0) is 24.8. The first-order valence-electron chi connectivity index (χ1n) is 11.6. The number of amides is 1. The molecule has 0 bridgehead atoms. The molecule has 182 valence electrons. The van der Waals surface area contributed by atoms with Gasteiger partial charge < -0.3 is 14.6 Å². The second-order valence-corrected chi connectivity index (χ2v) is 9.77. The highest BCUT2D eigenvalue weighted by molar-refractivity contribution is 5.76. The summed E-state index contributed by atoms with van der Waals surface area (Å²) in [7, 11) is 0. The summed E-state index contributed by atoms with van der Waals surface area (Å²) in [4.78, 5) is 11.3. The molecule has 2 aromatic carbocycles. The Labute approximate surface area is 197 Å². The van der Waals surface area contributed by atoms with Crippen LogP contribution in [0.3, 0.4) is 0 Å². The molecule has 2 aromatic rings. The number of benzene rings is 2. The van der Waals surface area contributed by atoms with Crippen molar-refractivity contribution in [1.82, 2.24) is 5.48 Å². The Hall–Kier alpha value is -2.57. The molecule has 1 amide bonds. The smallest absolute Gasteiger partial charge is 0.281 e. The van der Waals surface area contributed by atoms with E-state index in [1.807, 2.05) is 52.8 Å². The maximum absolute atomic E-state index is 11.3. The van der Waals surface area contributed by atoms with Crippen molar-refractivity contribution < 1.29 is 24.6 Å². The standard InChI is InChI=1S/C27H39NO5/c1-8-27(9-2,21-11-13-23(19(4)15-21)33-17-25(30)28-31)20-10-12-22(18(3)14-20)32-16-24(29)26(5,6)7/h10-15,24,29,31H,8-9,16-17H2,1-7H3,(H,28,30). The number of ether oxygens (including phenoxy) is 2. The predicted molar refractivity (Wildman–Crippen MR) is 130 cm³/mol. The Morgan fingerprint density at radius 3 is 1.82 bits per heavy atom. The topological polar surface area (TPSA) is 88.0 Å². The van der Waals surface area contributed by atoms with E-state index in [1.54, 1.807) is 5.48 Å². The van der Waals surface area contributed by atoms with Gasteiger partial charge in [-0.2, -0.15) is 0 Å². The fourth-order valence-corrected chi connectivity index (χ4v) is 4.05. The van der Waals surface area contributed by atoms with Gasteiger partial charge in [-0.25, -0.2) is 5.48 Å². The summed E-state index contributed by atoms with van der Waals surface area (Å²) >= 11 is 0. The second kappa shape index (κ2) is 11.0. The van der Waals surface area contributed by atoms with E-state index in [4.69, 9.17) is 14.7 Å². The van der Waals surface area contributed by atoms with E-state index in [9.17, 15) is 9.90 Å². The number of hydroxylamine groups is 1. The molecule has 2 rings (SSSR count). The lowest BCUT2D eigenvalue weighted by Crippen LogP contribution is -2.32. The van der Waals surface area contributed by atoms with Crippen molar-refractivity contribution in [3.8, 4) is 11.5 Å². The van der Waals surface area contributed by atoms with Crippen molar-refractivity contribution >= 4 is 5.91 Å². The summed E-state index contributed by atoms with van der Waals surface area (Å²) in [5.41, 5.74) is 5.51. The first-order valence-corrected chi connectivity index (χ1v) is 11.6. The molecule has 0 heterocycles. The van der Waals surface area contributed by atoms with Crippen LogP contribution in [0.2, 0.25) is 0 Å². The first kappa shape index (κ1) is 26.7. The van der Waals surface area contributed by atoms with Crippen LogP contribution in [0.15, 0.2) is 36.4 Å². The zero-order valence-corrected chi connectivity index (χ0v) is 21.0. The number of rotatable bonds is 10. The number of hydrogen-bond donors (Lipinski definition) is 3. The van der Waals surface area contributed by atoms with Crippen molar-refractivity contribution in [2.45, 2.75) is 72.8 Å². The maximum atomic E-state index is 11.3. The zero-order valence-electron chi connectivity index (χ0n) is 21.0. The van der Waals surface area contributed by atoms with Gasteiger partial charge in [0.1, 0.15) is 18.1 Å². The molecule has 6 nitrogen and oxygen atoms in total. The summed E-state index contributed by atoms with van der Waals surface area (Å²) in [5.74, 6) is 0.800. The fraction of sp³-hybridized carbons (Fsp3) is 0.519. The normalized spacial score (nSPS) is 12.9. The first-order chi connectivity index (χ1) is 15.5. The van der Waals surface area contributed by atoms with Crippen LogP contribution in [0.5, 0.6) is 11.5 Å². The molecule has 1 atom stereocenters.